The highest BCUT2D eigenvalue weighted by Gasteiger charge is 2.37. The minimum Gasteiger partial charge on any atom is -0.486 e. The van der Waals surface area contributed by atoms with Crippen LogP contribution in [0.1, 0.15) is 62.4 Å². The fourth-order valence-corrected chi connectivity index (χ4v) is 12.9. The van der Waals surface area contributed by atoms with Gasteiger partial charge in [-0.2, -0.15) is 4.98 Å². The van der Waals surface area contributed by atoms with E-state index < -0.39 is 0 Å². The molecule has 0 spiro atoms. The van der Waals surface area contributed by atoms with Gasteiger partial charge >= 0.3 is 0 Å². The zero-order valence-electron chi connectivity index (χ0n) is 32.5. The Morgan fingerprint density at radius 2 is 1.21 bits per heavy atom. The fraction of sp³-hybridized carbons (Fsp3) is 0.349. The molecule has 14 heteroatoms. The fourth-order valence-electron chi connectivity index (χ4n) is 7.11. The van der Waals surface area contributed by atoms with E-state index in [2.05, 4.69) is 65.2 Å². The Hall–Kier alpha value is -4.24. The van der Waals surface area contributed by atoms with E-state index >= 15 is 0 Å². The Labute approximate surface area is 348 Å². The summed E-state index contributed by atoms with van der Waals surface area (Å²) < 4.78 is 17.6. The SMILES string of the molecule is CCCc1c2c(c(OCc3ccccc3)c3c1S/C(=c1/c(CC)nc4n(c1=O)CCCN=4)S3)S/C(=c1/c(OC)nc3n(c1=O)CCCN=3)S2.CCc1ccccc1. The summed E-state index contributed by atoms with van der Waals surface area (Å²) in [6, 6.07) is 20.6. The number of nitrogens with zero attached hydrogens (tertiary/aromatic N) is 6. The molecule has 57 heavy (non-hydrogen) atoms. The zero-order chi connectivity index (χ0) is 39.5. The molecule has 0 N–H and O–H groups in total. The molecule has 0 radical (unpaired) electrons. The molecule has 9 rings (SSSR count). The van der Waals surface area contributed by atoms with Crippen molar-refractivity contribution >= 4 is 55.5 Å². The van der Waals surface area contributed by atoms with Gasteiger partial charge in [-0.25, -0.2) is 4.98 Å². The van der Waals surface area contributed by atoms with E-state index in [1.807, 2.05) is 31.2 Å². The van der Waals surface area contributed by atoms with Crippen LogP contribution in [0.2, 0.25) is 0 Å². The van der Waals surface area contributed by atoms with Crippen LogP contribution in [0.5, 0.6) is 11.6 Å². The number of rotatable bonds is 8. The van der Waals surface area contributed by atoms with Crippen LogP contribution in [0.4, 0.5) is 0 Å². The molecule has 0 bridgehead atoms. The second-order valence-corrected chi connectivity index (χ2v) is 18.3. The van der Waals surface area contributed by atoms with Gasteiger partial charge in [0.15, 0.2) is 0 Å². The topological polar surface area (TPSA) is 113 Å². The number of ether oxygens (including phenoxy) is 2. The minimum atomic E-state index is -0.136. The maximum Gasteiger partial charge on any atom is 0.267 e. The zero-order valence-corrected chi connectivity index (χ0v) is 35.8. The molecule has 0 saturated heterocycles. The molecular weight excluding hydrogens is 793 g/mol. The second kappa shape index (κ2) is 17.7. The molecule has 0 amide bonds. The smallest absolute Gasteiger partial charge is 0.267 e. The van der Waals surface area contributed by atoms with Gasteiger partial charge in [-0.15, -0.1) is 0 Å². The number of thioether (sulfide) groups is 4. The highest BCUT2D eigenvalue weighted by atomic mass is 32.2. The van der Waals surface area contributed by atoms with Crippen molar-refractivity contribution in [3.63, 3.8) is 0 Å². The summed E-state index contributed by atoms with van der Waals surface area (Å²) in [6.07, 6.45) is 5.17. The van der Waals surface area contributed by atoms with Crippen LogP contribution in [-0.4, -0.2) is 39.3 Å². The molecule has 10 nitrogen and oxygen atoms in total. The van der Waals surface area contributed by atoms with Crippen LogP contribution >= 0.6 is 47.0 Å². The Morgan fingerprint density at radius 1 is 0.667 bits per heavy atom. The van der Waals surface area contributed by atoms with Gasteiger partial charge in [0.1, 0.15) is 17.6 Å². The van der Waals surface area contributed by atoms with Crippen molar-refractivity contribution in [3.8, 4) is 11.6 Å². The van der Waals surface area contributed by atoms with Crippen LogP contribution in [-0.2, 0) is 39.0 Å². The van der Waals surface area contributed by atoms with Crippen molar-refractivity contribution in [2.24, 2.45) is 9.98 Å². The molecular formula is C43H44N6O4S4. The molecule has 4 aliphatic heterocycles. The van der Waals surface area contributed by atoms with Gasteiger partial charge in [0, 0.05) is 36.0 Å². The van der Waals surface area contributed by atoms with E-state index in [0.29, 0.717) is 66.8 Å². The Morgan fingerprint density at radius 3 is 1.75 bits per heavy atom. The molecule has 0 aliphatic carbocycles. The van der Waals surface area contributed by atoms with Crippen LogP contribution in [0, 0.1) is 0 Å². The maximum absolute atomic E-state index is 14.0. The summed E-state index contributed by atoms with van der Waals surface area (Å²) in [5.41, 5.74) is 5.24. The minimum absolute atomic E-state index is 0.0250. The van der Waals surface area contributed by atoms with Gasteiger partial charge in [-0.1, -0.05) is 135 Å². The molecule has 0 atom stereocenters. The monoisotopic (exact) mass is 836 g/mol. The van der Waals surface area contributed by atoms with E-state index in [4.69, 9.17) is 14.5 Å². The number of benzene rings is 3. The highest BCUT2D eigenvalue weighted by molar-refractivity contribution is 8.33. The molecule has 6 heterocycles. The average Bonchev–Trinajstić information content (AvgIpc) is 3.90. The molecule has 2 aromatic heterocycles. The van der Waals surface area contributed by atoms with E-state index in [9.17, 15) is 9.59 Å². The molecule has 0 saturated carbocycles. The summed E-state index contributed by atoms with van der Waals surface area (Å²) in [5, 5.41) is 1.13. The van der Waals surface area contributed by atoms with E-state index in [1.165, 1.54) is 11.1 Å². The third-order valence-electron chi connectivity index (χ3n) is 9.99. The first-order valence-corrected chi connectivity index (χ1v) is 22.8. The quantitative estimate of drug-likeness (QED) is 0.181. The van der Waals surface area contributed by atoms with E-state index in [1.54, 1.807) is 63.3 Å². The highest BCUT2D eigenvalue weighted by Crippen LogP contribution is 2.66. The second-order valence-electron chi connectivity index (χ2n) is 13.7. The predicted octanol–water partition coefficient (Wildman–Crippen LogP) is 6.13. The van der Waals surface area contributed by atoms with E-state index in [0.717, 1.165) is 77.2 Å². The van der Waals surface area contributed by atoms with Gasteiger partial charge in [0.2, 0.25) is 17.1 Å². The number of aromatic nitrogens is 4. The molecule has 294 valence electrons. The summed E-state index contributed by atoms with van der Waals surface area (Å²) in [4.78, 5) is 50.8. The van der Waals surface area contributed by atoms with Crippen molar-refractivity contribution in [2.75, 3.05) is 20.2 Å². The number of hydrogen-bond donors (Lipinski definition) is 0. The Bertz CT molecular complexity index is 2580. The lowest BCUT2D eigenvalue weighted by molar-refractivity contribution is 0.288. The first-order chi connectivity index (χ1) is 27.9. The molecule has 5 aromatic rings. The van der Waals surface area contributed by atoms with Crippen LogP contribution in [0.25, 0.3) is 8.47 Å². The van der Waals surface area contributed by atoms with Crippen molar-refractivity contribution in [2.45, 2.75) is 98.6 Å². The van der Waals surface area contributed by atoms with Gasteiger partial charge < -0.3 is 9.47 Å². The average molecular weight is 837 g/mol. The van der Waals surface area contributed by atoms with Gasteiger partial charge in [-0.05, 0) is 48.8 Å². The molecule has 0 fully saturated rings. The van der Waals surface area contributed by atoms with Crippen molar-refractivity contribution in [3.05, 3.63) is 125 Å². The summed E-state index contributed by atoms with van der Waals surface area (Å²) in [5.74, 6) is 1.06. The summed E-state index contributed by atoms with van der Waals surface area (Å²) in [7, 11) is 1.55. The number of aryl methyl sites for hydroxylation is 2. The molecule has 0 unspecified atom stereocenters. The lowest BCUT2D eigenvalue weighted by atomic mass is 10.1. The van der Waals surface area contributed by atoms with Crippen LogP contribution in [0.3, 0.4) is 0 Å². The standard InChI is InChI=1S/C35H34N6O4S4.C8H10/c1-4-11-20-25-27(48-32(46-25)22-21(5-2)38-34-36-14-9-16-40(34)30(22)42)24(45-18-19-12-7-6-8-13-19)28-26(20)47-33(49-28)23-29(44-3)39-35-37-15-10-17-41(35)31(23)43;1-2-8-6-4-3-5-7-8/h6-8,12-13H,4-5,9-11,14-18H2,1-3H3;3-7H,2H2,1H3/b32-22+,33-23-;. The largest absolute Gasteiger partial charge is 0.486 e. The van der Waals surface area contributed by atoms with Crippen LogP contribution < -0.4 is 42.3 Å². The third-order valence-corrected chi connectivity index (χ3v) is 15.3. The van der Waals surface area contributed by atoms with Crippen LogP contribution in [0.15, 0.2) is 99.8 Å². The van der Waals surface area contributed by atoms with Crippen molar-refractivity contribution in [1.29, 1.82) is 0 Å². The first kappa shape index (κ1) is 39.6. The third kappa shape index (κ3) is 7.85. The van der Waals surface area contributed by atoms with Crippen molar-refractivity contribution in [1.82, 2.24) is 19.1 Å². The lowest BCUT2D eigenvalue weighted by Crippen LogP contribution is -2.49. The van der Waals surface area contributed by atoms with Gasteiger partial charge in [-0.3, -0.25) is 28.7 Å². The molecule has 4 aliphatic rings. The summed E-state index contributed by atoms with van der Waals surface area (Å²) in [6.45, 7) is 9.30. The number of methoxy groups -OCH3 is 1. The van der Waals surface area contributed by atoms with Gasteiger partial charge in [0.05, 0.1) is 36.3 Å². The maximum atomic E-state index is 14.0. The Kier molecular flexibility index (Phi) is 12.3. The van der Waals surface area contributed by atoms with E-state index in [-0.39, 0.29) is 11.1 Å². The summed E-state index contributed by atoms with van der Waals surface area (Å²) >= 11 is 6.39. The predicted molar refractivity (Wildman–Crippen MR) is 231 cm³/mol. The number of fused-ring (bicyclic) bond motifs is 4. The normalized spacial score (nSPS) is 16.9. The van der Waals surface area contributed by atoms with Gasteiger partial charge in [0.25, 0.3) is 11.1 Å². The van der Waals surface area contributed by atoms with Crippen molar-refractivity contribution < 1.29 is 9.47 Å². The lowest BCUT2D eigenvalue weighted by Gasteiger charge is -2.17. The molecule has 3 aromatic carbocycles. The number of hydrogen-bond acceptors (Lipinski definition) is 12. The Balaban J connectivity index is 0.000000509. The first-order valence-electron chi connectivity index (χ1n) is 19.5.